The third-order valence-corrected chi connectivity index (χ3v) is 4.37. The van der Waals surface area contributed by atoms with Crippen molar-refractivity contribution in [2.75, 3.05) is 13.2 Å². The number of ether oxygens (including phenoxy) is 3. The molecule has 0 bridgehead atoms. The van der Waals surface area contributed by atoms with Gasteiger partial charge in [-0.15, -0.1) is 0 Å². The van der Waals surface area contributed by atoms with E-state index in [1.807, 2.05) is 12.1 Å². The van der Waals surface area contributed by atoms with Gasteiger partial charge in [-0.25, -0.2) is 4.79 Å². The van der Waals surface area contributed by atoms with Crippen LogP contribution in [0, 0.1) is 0 Å². The van der Waals surface area contributed by atoms with E-state index in [9.17, 15) is 4.79 Å². The fourth-order valence-corrected chi connectivity index (χ4v) is 3.06. The van der Waals surface area contributed by atoms with Crippen molar-refractivity contribution in [2.45, 2.75) is 57.2 Å². The third kappa shape index (κ3) is 4.23. The summed E-state index contributed by atoms with van der Waals surface area (Å²) in [6, 6.07) is 7.25. The molecule has 1 aromatic rings. The van der Waals surface area contributed by atoms with Gasteiger partial charge in [0.05, 0.1) is 17.8 Å². The Morgan fingerprint density at radius 1 is 1.05 bits per heavy atom. The van der Waals surface area contributed by atoms with Crippen LogP contribution in [0.3, 0.4) is 0 Å². The van der Waals surface area contributed by atoms with E-state index in [2.05, 4.69) is 0 Å². The standard InChI is InChI=1S/C18H24O4/c19-18(21-13-17-7-3-4-12-20-17)14-8-10-16(11-9-14)22-15-5-1-2-6-15/h8-11,15,17H,1-7,12-13H2. The van der Waals surface area contributed by atoms with Crippen LogP contribution >= 0.6 is 0 Å². The summed E-state index contributed by atoms with van der Waals surface area (Å²) in [5.74, 6) is 0.542. The molecule has 1 saturated heterocycles. The average Bonchev–Trinajstić information content (AvgIpc) is 3.07. The summed E-state index contributed by atoms with van der Waals surface area (Å²) in [5.41, 5.74) is 0.564. The van der Waals surface area contributed by atoms with Crippen LogP contribution < -0.4 is 4.74 Å². The monoisotopic (exact) mass is 304 g/mol. The molecule has 0 N–H and O–H groups in total. The molecule has 1 heterocycles. The van der Waals surface area contributed by atoms with E-state index >= 15 is 0 Å². The lowest BCUT2D eigenvalue weighted by atomic mass is 10.1. The molecule has 0 radical (unpaired) electrons. The van der Waals surface area contributed by atoms with Crippen molar-refractivity contribution < 1.29 is 19.0 Å². The topological polar surface area (TPSA) is 44.8 Å². The molecule has 3 rings (SSSR count). The Morgan fingerprint density at radius 3 is 2.45 bits per heavy atom. The highest BCUT2D eigenvalue weighted by atomic mass is 16.6. The molecule has 0 amide bonds. The van der Waals surface area contributed by atoms with Gasteiger partial charge in [-0.3, -0.25) is 0 Å². The van der Waals surface area contributed by atoms with Crippen molar-refractivity contribution in [1.82, 2.24) is 0 Å². The Kier molecular flexibility index (Phi) is 5.33. The first kappa shape index (κ1) is 15.3. The lowest BCUT2D eigenvalue weighted by Crippen LogP contribution is -2.25. The number of esters is 1. The third-order valence-electron chi connectivity index (χ3n) is 4.37. The molecule has 1 aliphatic heterocycles. The fraction of sp³-hybridized carbons (Fsp3) is 0.611. The Morgan fingerprint density at radius 2 is 1.77 bits per heavy atom. The average molecular weight is 304 g/mol. The molecule has 1 unspecified atom stereocenters. The summed E-state index contributed by atoms with van der Waals surface area (Å²) >= 11 is 0. The number of carbonyl (C=O) groups excluding carboxylic acids is 1. The van der Waals surface area contributed by atoms with E-state index in [0.29, 0.717) is 18.3 Å². The van der Waals surface area contributed by atoms with Crippen molar-refractivity contribution in [2.24, 2.45) is 0 Å². The van der Waals surface area contributed by atoms with Crippen LogP contribution in [0.1, 0.15) is 55.3 Å². The van der Waals surface area contributed by atoms with E-state index in [1.165, 1.54) is 12.8 Å². The second-order valence-electron chi connectivity index (χ2n) is 6.14. The van der Waals surface area contributed by atoms with Gasteiger partial charge in [0.2, 0.25) is 0 Å². The maximum atomic E-state index is 12.0. The predicted molar refractivity (Wildman–Crippen MR) is 83.2 cm³/mol. The SMILES string of the molecule is O=C(OCC1CCCCO1)c1ccc(OC2CCCC2)cc1. The molecule has 2 aliphatic rings. The molecule has 120 valence electrons. The Balaban J connectivity index is 1.47. The van der Waals surface area contributed by atoms with Crippen LogP contribution in [0.5, 0.6) is 5.75 Å². The van der Waals surface area contributed by atoms with Crippen LogP contribution in [-0.2, 0) is 9.47 Å². The van der Waals surface area contributed by atoms with Gasteiger partial charge in [0.25, 0.3) is 0 Å². The van der Waals surface area contributed by atoms with Crippen LogP contribution in [0.15, 0.2) is 24.3 Å². The summed E-state index contributed by atoms with van der Waals surface area (Å²) in [7, 11) is 0. The largest absolute Gasteiger partial charge is 0.490 e. The molecular weight excluding hydrogens is 280 g/mol. The molecule has 1 atom stereocenters. The van der Waals surface area contributed by atoms with Gasteiger partial charge in [0.1, 0.15) is 12.4 Å². The molecule has 4 heteroatoms. The van der Waals surface area contributed by atoms with Crippen LogP contribution in [0.25, 0.3) is 0 Å². The zero-order valence-electron chi connectivity index (χ0n) is 13.0. The maximum Gasteiger partial charge on any atom is 0.338 e. The van der Waals surface area contributed by atoms with Gasteiger partial charge in [0, 0.05) is 6.61 Å². The highest BCUT2D eigenvalue weighted by molar-refractivity contribution is 5.89. The van der Waals surface area contributed by atoms with Crippen molar-refractivity contribution >= 4 is 5.97 Å². The summed E-state index contributed by atoms with van der Waals surface area (Å²) in [5, 5.41) is 0. The number of carbonyl (C=O) groups is 1. The molecule has 1 aliphatic carbocycles. The lowest BCUT2D eigenvalue weighted by Gasteiger charge is -2.22. The molecule has 4 nitrogen and oxygen atoms in total. The molecule has 0 spiro atoms. The van der Waals surface area contributed by atoms with Gasteiger partial charge in [-0.1, -0.05) is 0 Å². The molecular formula is C18H24O4. The highest BCUT2D eigenvalue weighted by Crippen LogP contribution is 2.24. The van der Waals surface area contributed by atoms with Gasteiger partial charge < -0.3 is 14.2 Å². The number of hydrogen-bond donors (Lipinski definition) is 0. The second kappa shape index (κ2) is 7.63. The zero-order chi connectivity index (χ0) is 15.2. The quantitative estimate of drug-likeness (QED) is 0.777. The smallest absolute Gasteiger partial charge is 0.338 e. The van der Waals surface area contributed by atoms with Gasteiger partial charge in [-0.2, -0.15) is 0 Å². The highest BCUT2D eigenvalue weighted by Gasteiger charge is 2.18. The van der Waals surface area contributed by atoms with E-state index < -0.39 is 0 Å². The Labute approximate surface area is 131 Å². The molecule has 1 saturated carbocycles. The minimum Gasteiger partial charge on any atom is -0.490 e. The second-order valence-corrected chi connectivity index (χ2v) is 6.14. The van der Waals surface area contributed by atoms with E-state index in [0.717, 1.165) is 44.5 Å². The van der Waals surface area contributed by atoms with Crippen LogP contribution in [-0.4, -0.2) is 31.4 Å². The molecule has 0 aromatic heterocycles. The first-order chi connectivity index (χ1) is 10.8. The first-order valence-electron chi connectivity index (χ1n) is 8.37. The summed E-state index contributed by atoms with van der Waals surface area (Å²) in [6.07, 6.45) is 8.38. The number of benzene rings is 1. The number of rotatable bonds is 5. The minimum absolute atomic E-state index is 0.0580. The van der Waals surface area contributed by atoms with Crippen molar-refractivity contribution in [3.05, 3.63) is 29.8 Å². The van der Waals surface area contributed by atoms with E-state index in [4.69, 9.17) is 14.2 Å². The molecule has 1 aromatic carbocycles. The summed E-state index contributed by atoms with van der Waals surface area (Å²) < 4.78 is 16.8. The normalized spacial score (nSPS) is 22.5. The van der Waals surface area contributed by atoms with Crippen molar-refractivity contribution in [3.8, 4) is 5.75 Å². The van der Waals surface area contributed by atoms with Crippen molar-refractivity contribution in [3.63, 3.8) is 0 Å². The molecule has 2 fully saturated rings. The Hall–Kier alpha value is -1.55. The summed E-state index contributed by atoms with van der Waals surface area (Å²) in [4.78, 5) is 12.0. The first-order valence-corrected chi connectivity index (χ1v) is 8.37. The lowest BCUT2D eigenvalue weighted by molar-refractivity contribution is -0.0300. The van der Waals surface area contributed by atoms with E-state index in [1.54, 1.807) is 12.1 Å². The van der Waals surface area contributed by atoms with Gasteiger partial charge >= 0.3 is 5.97 Å². The predicted octanol–water partition coefficient (Wildman–Crippen LogP) is 3.73. The summed E-state index contributed by atoms with van der Waals surface area (Å²) in [6.45, 7) is 1.12. The van der Waals surface area contributed by atoms with E-state index in [-0.39, 0.29) is 12.1 Å². The van der Waals surface area contributed by atoms with Gasteiger partial charge in [-0.05, 0) is 69.2 Å². The number of hydrogen-bond acceptors (Lipinski definition) is 4. The van der Waals surface area contributed by atoms with Crippen LogP contribution in [0.2, 0.25) is 0 Å². The van der Waals surface area contributed by atoms with Crippen LogP contribution in [0.4, 0.5) is 0 Å². The maximum absolute atomic E-state index is 12.0. The van der Waals surface area contributed by atoms with Gasteiger partial charge in [0.15, 0.2) is 0 Å². The molecule has 22 heavy (non-hydrogen) atoms. The zero-order valence-corrected chi connectivity index (χ0v) is 13.0. The van der Waals surface area contributed by atoms with Crippen molar-refractivity contribution in [1.29, 1.82) is 0 Å². The fourth-order valence-electron chi connectivity index (χ4n) is 3.06. The Bertz CT molecular complexity index is 470. The minimum atomic E-state index is -0.290.